The van der Waals surface area contributed by atoms with Gasteiger partial charge in [0.15, 0.2) is 0 Å². The first-order valence-corrected chi connectivity index (χ1v) is 4.50. The Morgan fingerprint density at radius 1 is 1.33 bits per heavy atom. The molecule has 0 aromatic rings. The van der Waals surface area contributed by atoms with Gasteiger partial charge in [-0.05, 0) is 6.92 Å². The van der Waals surface area contributed by atoms with Crippen molar-refractivity contribution in [2.75, 3.05) is 0 Å². The fraction of sp³-hybridized carbons (Fsp3) is 0.889. The van der Waals surface area contributed by atoms with E-state index in [0.29, 0.717) is 11.8 Å². The van der Waals surface area contributed by atoms with E-state index in [0.717, 1.165) is 5.84 Å². The standard InChI is InChI=1S/C9H18N2O/c1-6(2)8-10-9(5,7(3)4)12-11-8/h6-7H,1-5H3,(H,10,11). The minimum absolute atomic E-state index is 0.306. The Hall–Kier alpha value is -0.730. The molecule has 0 spiro atoms. The maximum atomic E-state index is 5.35. The summed E-state index contributed by atoms with van der Waals surface area (Å²) in [5, 5.41) is 7.31. The van der Waals surface area contributed by atoms with Gasteiger partial charge in [0.1, 0.15) is 5.84 Å². The van der Waals surface area contributed by atoms with E-state index < -0.39 is 0 Å². The summed E-state index contributed by atoms with van der Waals surface area (Å²) in [5.74, 6) is 1.77. The molecule has 1 N–H and O–H groups in total. The number of amidine groups is 1. The maximum absolute atomic E-state index is 5.35. The van der Waals surface area contributed by atoms with Crippen LogP contribution in [0.15, 0.2) is 5.16 Å². The van der Waals surface area contributed by atoms with Crippen molar-refractivity contribution in [3.63, 3.8) is 0 Å². The highest BCUT2D eigenvalue weighted by molar-refractivity contribution is 5.85. The fourth-order valence-corrected chi connectivity index (χ4v) is 0.943. The van der Waals surface area contributed by atoms with E-state index in [1.54, 1.807) is 0 Å². The summed E-state index contributed by atoms with van der Waals surface area (Å²) in [6, 6.07) is 0. The molecule has 1 heterocycles. The lowest BCUT2D eigenvalue weighted by Gasteiger charge is -2.27. The van der Waals surface area contributed by atoms with Crippen molar-refractivity contribution in [3.8, 4) is 0 Å². The SMILES string of the molecule is CC(C)C1=NOC(C)(C(C)C)N1. The van der Waals surface area contributed by atoms with Crippen LogP contribution in [0.4, 0.5) is 0 Å². The Morgan fingerprint density at radius 2 is 1.92 bits per heavy atom. The molecule has 0 radical (unpaired) electrons. The number of hydrogen-bond acceptors (Lipinski definition) is 3. The van der Waals surface area contributed by atoms with Crippen LogP contribution in [0, 0.1) is 11.8 Å². The van der Waals surface area contributed by atoms with Gasteiger partial charge in [-0.2, -0.15) is 0 Å². The Morgan fingerprint density at radius 3 is 2.17 bits per heavy atom. The minimum Gasteiger partial charge on any atom is -0.366 e. The van der Waals surface area contributed by atoms with Crippen LogP contribution in [0.5, 0.6) is 0 Å². The summed E-state index contributed by atoms with van der Waals surface area (Å²) in [4.78, 5) is 5.35. The van der Waals surface area contributed by atoms with Gasteiger partial charge in [-0.15, -0.1) is 0 Å². The van der Waals surface area contributed by atoms with Crippen LogP contribution in [0.1, 0.15) is 34.6 Å². The number of hydrogen-bond donors (Lipinski definition) is 1. The molecule has 12 heavy (non-hydrogen) atoms. The van der Waals surface area contributed by atoms with E-state index in [1.807, 2.05) is 6.92 Å². The van der Waals surface area contributed by atoms with Gasteiger partial charge in [-0.1, -0.05) is 32.9 Å². The Bertz CT molecular complexity index is 199. The van der Waals surface area contributed by atoms with Crippen LogP contribution in [0.2, 0.25) is 0 Å². The molecule has 1 aliphatic heterocycles. The third-order valence-corrected chi connectivity index (χ3v) is 2.36. The second kappa shape index (κ2) is 2.96. The molecular weight excluding hydrogens is 152 g/mol. The van der Waals surface area contributed by atoms with Crippen LogP contribution in [-0.2, 0) is 4.84 Å². The lowest BCUT2D eigenvalue weighted by atomic mass is 10.0. The van der Waals surface area contributed by atoms with Gasteiger partial charge in [0.05, 0.1) is 0 Å². The molecule has 0 bridgehead atoms. The topological polar surface area (TPSA) is 33.6 Å². The second-order valence-electron chi connectivity index (χ2n) is 4.11. The van der Waals surface area contributed by atoms with E-state index >= 15 is 0 Å². The van der Waals surface area contributed by atoms with Crippen molar-refractivity contribution in [3.05, 3.63) is 0 Å². The lowest BCUT2D eigenvalue weighted by molar-refractivity contribution is -0.0532. The average molecular weight is 170 g/mol. The zero-order chi connectivity index (χ0) is 9.35. The molecule has 1 atom stereocenters. The molecule has 1 unspecified atom stereocenters. The van der Waals surface area contributed by atoms with Crippen LogP contribution in [-0.4, -0.2) is 11.6 Å². The summed E-state index contributed by atoms with van der Waals surface area (Å²) in [6.07, 6.45) is 0. The first kappa shape index (κ1) is 9.36. The van der Waals surface area contributed by atoms with E-state index in [-0.39, 0.29) is 5.72 Å². The number of nitrogens with zero attached hydrogens (tertiary/aromatic N) is 1. The van der Waals surface area contributed by atoms with E-state index in [9.17, 15) is 0 Å². The van der Waals surface area contributed by atoms with Gasteiger partial charge in [0.25, 0.3) is 0 Å². The summed E-state index contributed by atoms with van der Waals surface area (Å²) in [7, 11) is 0. The molecule has 0 aromatic heterocycles. The molecule has 0 fully saturated rings. The van der Waals surface area contributed by atoms with Crippen molar-refractivity contribution in [2.24, 2.45) is 17.0 Å². The molecule has 0 amide bonds. The van der Waals surface area contributed by atoms with Crippen LogP contribution >= 0.6 is 0 Å². The quantitative estimate of drug-likeness (QED) is 0.687. The number of nitrogens with one attached hydrogen (secondary N) is 1. The lowest BCUT2D eigenvalue weighted by Crippen LogP contribution is -2.47. The normalized spacial score (nSPS) is 28.8. The second-order valence-corrected chi connectivity index (χ2v) is 4.11. The zero-order valence-corrected chi connectivity index (χ0v) is 8.51. The first-order valence-electron chi connectivity index (χ1n) is 4.50. The van der Waals surface area contributed by atoms with Crippen molar-refractivity contribution < 1.29 is 4.84 Å². The minimum atomic E-state index is -0.306. The van der Waals surface area contributed by atoms with Crippen LogP contribution in [0.3, 0.4) is 0 Å². The third-order valence-electron chi connectivity index (χ3n) is 2.36. The molecule has 3 nitrogen and oxygen atoms in total. The van der Waals surface area contributed by atoms with Crippen molar-refractivity contribution in [1.82, 2.24) is 5.32 Å². The van der Waals surface area contributed by atoms with Gasteiger partial charge < -0.3 is 10.2 Å². The Balaban J connectivity index is 2.62. The fourth-order valence-electron chi connectivity index (χ4n) is 0.943. The summed E-state index contributed by atoms with van der Waals surface area (Å²) >= 11 is 0. The molecule has 70 valence electrons. The average Bonchev–Trinajstić information content (AvgIpc) is 2.33. The van der Waals surface area contributed by atoms with E-state index in [1.165, 1.54) is 0 Å². The first-order chi connectivity index (χ1) is 5.46. The summed E-state index contributed by atoms with van der Waals surface area (Å²) in [5.41, 5.74) is -0.306. The van der Waals surface area contributed by atoms with Crippen molar-refractivity contribution >= 4 is 5.84 Å². The van der Waals surface area contributed by atoms with E-state index in [2.05, 4.69) is 38.2 Å². The zero-order valence-electron chi connectivity index (χ0n) is 8.51. The van der Waals surface area contributed by atoms with Crippen molar-refractivity contribution in [2.45, 2.75) is 40.3 Å². The predicted molar refractivity (Wildman–Crippen MR) is 49.7 cm³/mol. The number of oxime groups is 1. The molecule has 1 rings (SSSR count). The Kier molecular flexibility index (Phi) is 2.31. The predicted octanol–water partition coefficient (Wildman–Crippen LogP) is 1.95. The maximum Gasteiger partial charge on any atom is 0.208 e. The molecule has 3 heteroatoms. The van der Waals surface area contributed by atoms with Gasteiger partial charge in [-0.25, -0.2) is 0 Å². The van der Waals surface area contributed by atoms with Gasteiger partial charge >= 0.3 is 0 Å². The largest absolute Gasteiger partial charge is 0.366 e. The molecule has 0 saturated carbocycles. The van der Waals surface area contributed by atoms with Gasteiger partial charge in [-0.3, -0.25) is 0 Å². The van der Waals surface area contributed by atoms with Gasteiger partial charge in [0, 0.05) is 11.8 Å². The van der Waals surface area contributed by atoms with Gasteiger partial charge in [0.2, 0.25) is 5.72 Å². The smallest absolute Gasteiger partial charge is 0.208 e. The highest BCUT2D eigenvalue weighted by Crippen LogP contribution is 2.23. The van der Waals surface area contributed by atoms with E-state index in [4.69, 9.17) is 4.84 Å². The monoisotopic (exact) mass is 170 g/mol. The summed E-state index contributed by atoms with van der Waals surface area (Å²) in [6.45, 7) is 10.5. The highest BCUT2D eigenvalue weighted by Gasteiger charge is 2.36. The molecule has 0 aromatic carbocycles. The summed E-state index contributed by atoms with van der Waals surface area (Å²) < 4.78 is 0. The highest BCUT2D eigenvalue weighted by atomic mass is 16.7. The molecule has 1 aliphatic rings. The van der Waals surface area contributed by atoms with Crippen LogP contribution in [0.25, 0.3) is 0 Å². The van der Waals surface area contributed by atoms with Crippen molar-refractivity contribution in [1.29, 1.82) is 0 Å². The molecule has 0 aliphatic carbocycles. The number of rotatable bonds is 2. The Labute approximate surface area is 74.2 Å². The molecule has 0 saturated heterocycles. The molecular formula is C9H18N2O. The third kappa shape index (κ3) is 1.54. The van der Waals surface area contributed by atoms with Crippen LogP contribution < -0.4 is 5.32 Å².